The Kier molecular flexibility index (Phi) is 7.26. The number of carbonyl (C=O) groups is 1. The van der Waals surface area contributed by atoms with E-state index in [1.54, 1.807) is 18.3 Å². The molecule has 1 aromatic rings. The molecule has 0 N–H and O–H groups in total. The van der Waals surface area contributed by atoms with Crippen molar-refractivity contribution >= 4 is 17.1 Å². The maximum atomic E-state index is 11.7. The van der Waals surface area contributed by atoms with Crippen LogP contribution >= 0.6 is 11.3 Å². The SMILES string of the molecule is CCCCCCc1cc(CCCC)sc1C(C)=O. The van der Waals surface area contributed by atoms with Crippen LogP contribution in [0.5, 0.6) is 0 Å². The number of hydrogen-bond acceptors (Lipinski definition) is 2. The van der Waals surface area contributed by atoms with Gasteiger partial charge < -0.3 is 0 Å². The molecule has 0 unspecified atom stereocenters. The molecule has 0 aliphatic carbocycles. The Balaban J connectivity index is 2.62. The summed E-state index contributed by atoms with van der Waals surface area (Å²) in [5.41, 5.74) is 1.30. The van der Waals surface area contributed by atoms with Gasteiger partial charge in [-0.25, -0.2) is 0 Å². The van der Waals surface area contributed by atoms with Gasteiger partial charge in [0.05, 0.1) is 4.88 Å². The van der Waals surface area contributed by atoms with Gasteiger partial charge in [-0.1, -0.05) is 39.5 Å². The molecule has 0 aliphatic rings. The first-order valence-corrected chi connectivity index (χ1v) is 8.13. The highest BCUT2D eigenvalue weighted by molar-refractivity contribution is 7.14. The molecule has 1 rings (SSSR count). The molecule has 1 nitrogen and oxygen atoms in total. The highest BCUT2D eigenvalue weighted by Crippen LogP contribution is 2.26. The van der Waals surface area contributed by atoms with Gasteiger partial charge in [0.25, 0.3) is 0 Å². The van der Waals surface area contributed by atoms with Gasteiger partial charge in [0.1, 0.15) is 0 Å². The van der Waals surface area contributed by atoms with Crippen LogP contribution in [-0.4, -0.2) is 5.78 Å². The van der Waals surface area contributed by atoms with E-state index in [1.807, 2.05) is 0 Å². The fraction of sp³-hybridized carbons (Fsp3) is 0.688. The number of carbonyl (C=O) groups excluding carboxylic acids is 1. The Morgan fingerprint density at radius 1 is 1.06 bits per heavy atom. The molecular formula is C16H26OS. The van der Waals surface area contributed by atoms with E-state index in [2.05, 4.69) is 19.9 Å². The van der Waals surface area contributed by atoms with Crippen LogP contribution in [0.3, 0.4) is 0 Å². The van der Waals surface area contributed by atoms with Gasteiger partial charge in [-0.05, 0) is 44.2 Å². The third kappa shape index (κ3) is 4.93. The summed E-state index contributed by atoms with van der Waals surface area (Å²) in [6, 6.07) is 2.28. The van der Waals surface area contributed by atoms with Gasteiger partial charge in [0.15, 0.2) is 5.78 Å². The summed E-state index contributed by atoms with van der Waals surface area (Å²) in [5, 5.41) is 0. The second-order valence-electron chi connectivity index (χ2n) is 5.04. The summed E-state index contributed by atoms with van der Waals surface area (Å²) < 4.78 is 0. The van der Waals surface area contributed by atoms with Gasteiger partial charge in [0.2, 0.25) is 0 Å². The topological polar surface area (TPSA) is 17.1 Å². The van der Waals surface area contributed by atoms with Gasteiger partial charge in [-0.2, -0.15) is 0 Å². The van der Waals surface area contributed by atoms with Gasteiger partial charge in [-0.3, -0.25) is 4.79 Å². The van der Waals surface area contributed by atoms with Crippen LogP contribution in [0.15, 0.2) is 6.07 Å². The van der Waals surface area contributed by atoms with Gasteiger partial charge in [-0.15, -0.1) is 11.3 Å². The lowest BCUT2D eigenvalue weighted by atomic mass is 10.0. The van der Waals surface area contributed by atoms with Crippen molar-refractivity contribution in [2.24, 2.45) is 0 Å². The first-order valence-electron chi connectivity index (χ1n) is 7.31. The molecule has 1 heterocycles. The number of hydrogen-bond donors (Lipinski definition) is 0. The monoisotopic (exact) mass is 266 g/mol. The zero-order valence-electron chi connectivity index (χ0n) is 12.1. The minimum atomic E-state index is 0.244. The minimum Gasteiger partial charge on any atom is -0.294 e. The molecule has 0 amide bonds. The quantitative estimate of drug-likeness (QED) is 0.431. The standard InChI is InChI=1S/C16H26OS/c1-4-6-8-9-10-14-12-15(11-7-5-2)18-16(14)13(3)17/h12H,4-11H2,1-3H3. The Morgan fingerprint density at radius 3 is 2.39 bits per heavy atom. The van der Waals surface area contributed by atoms with Crippen molar-refractivity contribution < 1.29 is 4.79 Å². The van der Waals surface area contributed by atoms with Crippen molar-refractivity contribution in [2.75, 3.05) is 0 Å². The smallest absolute Gasteiger partial charge is 0.169 e. The third-order valence-corrected chi connectivity index (χ3v) is 4.59. The zero-order chi connectivity index (χ0) is 13.4. The molecule has 18 heavy (non-hydrogen) atoms. The van der Waals surface area contributed by atoms with E-state index in [0.29, 0.717) is 0 Å². The maximum Gasteiger partial charge on any atom is 0.169 e. The summed E-state index contributed by atoms with van der Waals surface area (Å²) >= 11 is 1.72. The number of unbranched alkanes of at least 4 members (excludes halogenated alkanes) is 4. The van der Waals surface area contributed by atoms with E-state index < -0.39 is 0 Å². The van der Waals surface area contributed by atoms with Crippen LogP contribution in [0.25, 0.3) is 0 Å². The van der Waals surface area contributed by atoms with E-state index >= 15 is 0 Å². The van der Waals surface area contributed by atoms with E-state index in [9.17, 15) is 4.79 Å². The molecule has 0 fully saturated rings. The molecule has 0 aromatic carbocycles. The third-order valence-electron chi connectivity index (χ3n) is 3.26. The van der Waals surface area contributed by atoms with Gasteiger partial charge >= 0.3 is 0 Å². The number of rotatable bonds is 9. The van der Waals surface area contributed by atoms with E-state index in [0.717, 1.165) is 17.7 Å². The maximum absolute atomic E-state index is 11.7. The van der Waals surface area contributed by atoms with Crippen molar-refractivity contribution in [3.05, 3.63) is 21.4 Å². The summed E-state index contributed by atoms with van der Waals surface area (Å²) in [6.45, 7) is 6.14. The second-order valence-corrected chi connectivity index (χ2v) is 6.17. The van der Waals surface area contributed by atoms with Gasteiger partial charge in [0, 0.05) is 4.88 Å². The van der Waals surface area contributed by atoms with Crippen molar-refractivity contribution in [2.45, 2.75) is 72.1 Å². The summed E-state index contributed by atoms with van der Waals surface area (Å²) in [7, 11) is 0. The fourth-order valence-corrected chi connectivity index (χ4v) is 3.33. The molecule has 0 atom stereocenters. The molecule has 0 saturated carbocycles. The summed E-state index contributed by atoms with van der Waals surface area (Å²) in [6.07, 6.45) is 9.75. The van der Waals surface area contributed by atoms with Crippen molar-refractivity contribution in [3.8, 4) is 0 Å². The highest BCUT2D eigenvalue weighted by Gasteiger charge is 2.12. The van der Waals surface area contributed by atoms with Crippen LogP contribution in [0, 0.1) is 0 Å². The Bertz CT molecular complexity index is 365. The molecule has 102 valence electrons. The molecule has 0 spiro atoms. The Labute approximate surface area is 116 Å². The van der Waals surface area contributed by atoms with E-state index in [1.165, 1.54) is 49.0 Å². The predicted molar refractivity (Wildman–Crippen MR) is 80.8 cm³/mol. The molecule has 0 saturated heterocycles. The largest absolute Gasteiger partial charge is 0.294 e. The first-order chi connectivity index (χ1) is 8.69. The molecular weight excluding hydrogens is 240 g/mol. The van der Waals surface area contributed by atoms with Crippen molar-refractivity contribution in [1.29, 1.82) is 0 Å². The lowest BCUT2D eigenvalue weighted by Crippen LogP contribution is -1.94. The molecule has 0 bridgehead atoms. The summed E-state index contributed by atoms with van der Waals surface area (Å²) in [4.78, 5) is 14.1. The first kappa shape index (κ1) is 15.4. The average Bonchev–Trinajstić information content (AvgIpc) is 2.75. The number of Topliss-reactive ketones (excluding diaryl/α,β-unsaturated/α-hetero) is 1. The van der Waals surface area contributed by atoms with Crippen molar-refractivity contribution in [1.82, 2.24) is 0 Å². The lowest BCUT2D eigenvalue weighted by molar-refractivity contribution is 0.102. The lowest BCUT2D eigenvalue weighted by Gasteiger charge is -2.00. The Hall–Kier alpha value is -0.630. The molecule has 0 radical (unpaired) electrons. The van der Waals surface area contributed by atoms with Crippen molar-refractivity contribution in [3.63, 3.8) is 0 Å². The highest BCUT2D eigenvalue weighted by atomic mass is 32.1. The van der Waals surface area contributed by atoms with Crippen LogP contribution in [-0.2, 0) is 12.8 Å². The second kappa shape index (κ2) is 8.47. The number of thiophene rings is 1. The van der Waals surface area contributed by atoms with E-state index in [4.69, 9.17) is 0 Å². The normalized spacial score (nSPS) is 10.8. The molecule has 0 aliphatic heterocycles. The fourth-order valence-electron chi connectivity index (χ4n) is 2.19. The van der Waals surface area contributed by atoms with Crippen LogP contribution in [0.4, 0.5) is 0 Å². The van der Waals surface area contributed by atoms with Crippen LogP contribution in [0.2, 0.25) is 0 Å². The zero-order valence-corrected chi connectivity index (χ0v) is 12.9. The van der Waals surface area contributed by atoms with Crippen LogP contribution in [0.1, 0.15) is 79.4 Å². The number of aryl methyl sites for hydroxylation is 2. The van der Waals surface area contributed by atoms with Crippen LogP contribution < -0.4 is 0 Å². The Morgan fingerprint density at radius 2 is 1.78 bits per heavy atom. The number of ketones is 1. The van der Waals surface area contributed by atoms with E-state index in [-0.39, 0.29) is 5.78 Å². The molecule has 2 heteroatoms. The minimum absolute atomic E-state index is 0.244. The average molecular weight is 266 g/mol. The summed E-state index contributed by atoms with van der Waals surface area (Å²) in [5.74, 6) is 0.244. The molecule has 1 aromatic heterocycles. The predicted octanol–water partition coefficient (Wildman–Crippen LogP) is 5.42.